The third-order valence-corrected chi connectivity index (χ3v) is 7.28. The highest BCUT2D eigenvalue weighted by Gasteiger charge is 2.47. The fourth-order valence-corrected chi connectivity index (χ4v) is 5.31. The van der Waals surface area contributed by atoms with E-state index in [-0.39, 0.29) is 6.61 Å². The molecule has 0 amide bonds. The highest BCUT2D eigenvalue weighted by Crippen LogP contribution is 2.43. The van der Waals surface area contributed by atoms with Crippen molar-refractivity contribution in [2.24, 2.45) is 16.9 Å². The molecule has 2 aromatic rings. The van der Waals surface area contributed by atoms with Crippen LogP contribution < -0.4 is 10.2 Å². The molecule has 3 aliphatic heterocycles. The number of piperidine rings is 2. The molecule has 0 spiro atoms. The van der Waals surface area contributed by atoms with E-state index in [0.717, 1.165) is 35.6 Å². The molecule has 0 unspecified atom stereocenters. The van der Waals surface area contributed by atoms with Crippen molar-refractivity contribution in [3.8, 4) is 6.07 Å². The summed E-state index contributed by atoms with van der Waals surface area (Å²) in [5, 5.41) is 28.9. The summed E-state index contributed by atoms with van der Waals surface area (Å²) in [5.74, 6) is 3.14. The summed E-state index contributed by atoms with van der Waals surface area (Å²) >= 11 is 0. The largest absolute Gasteiger partial charge is 0.489 e. The quantitative estimate of drug-likeness (QED) is 0.390. The van der Waals surface area contributed by atoms with Crippen molar-refractivity contribution < 1.29 is 9.84 Å². The van der Waals surface area contributed by atoms with Gasteiger partial charge in [-0.1, -0.05) is 0 Å². The van der Waals surface area contributed by atoms with Crippen molar-refractivity contribution in [1.82, 2.24) is 20.0 Å². The second-order valence-corrected chi connectivity index (χ2v) is 11.1. The van der Waals surface area contributed by atoms with Gasteiger partial charge in [0, 0.05) is 55.6 Å². The number of pyridine rings is 1. The first kappa shape index (κ1) is 26.4. The first-order chi connectivity index (χ1) is 18.6. The summed E-state index contributed by atoms with van der Waals surface area (Å²) in [5.41, 5.74) is 2.73. The van der Waals surface area contributed by atoms with Crippen LogP contribution in [0.4, 0.5) is 11.8 Å². The van der Waals surface area contributed by atoms with Gasteiger partial charge in [0.05, 0.1) is 29.1 Å². The predicted molar refractivity (Wildman–Crippen MR) is 150 cm³/mol. The van der Waals surface area contributed by atoms with Gasteiger partial charge >= 0.3 is 0 Å². The number of hydrazone groups is 1. The Morgan fingerprint density at radius 3 is 2.54 bits per heavy atom. The average Bonchev–Trinajstić information content (AvgIpc) is 2.94. The van der Waals surface area contributed by atoms with Gasteiger partial charge in [-0.15, -0.1) is 0 Å². The second-order valence-electron chi connectivity index (χ2n) is 11.1. The highest BCUT2D eigenvalue weighted by molar-refractivity contribution is 5.83. The Morgan fingerprint density at radius 1 is 1.23 bits per heavy atom. The number of allylic oxidation sites excluding steroid dienone is 3. The third-order valence-electron chi connectivity index (χ3n) is 7.28. The van der Waals surface area contributed by atoms with Crippen molar-refractivity contribution >= 4 is 24.1 Å². The van der Waals surface area contributed by atoms with Crippen LogP contribution in [0.1, 0.15) is 38.3 Å². The zero-order valence-electron chi connectivity index (χ0n) is 22.8. The van der Waals surface area contributed by atoms with Crippen LogP contribution in [0.3, 0.4) is 0 Å². The van der Waals surface area contributed by atoms with Gasteiger partial charge < -0.3 is 20.1 Å². The Morgan fingerprint density at radius 2 is 1.95 bits per heavy atom. The smallest absolute Gasteiger partial charge is 0.222 e. The molecule has 5 heterocycles. The maximum absolute atomic E-state index is 10.1. The Balaban J connectivity index is 1.33. The molecule has 1 aliphatic carbocycles. The van der Waals surface area contributed by atoms with E-state index in [1.165, 1.54) is 11.4 Å². The van der Waals surface area contributed by atoms with Crippen molar-refractivity contribution in [3.05, 3.63) is 71.2 Å². The summed E-state index contributed by atoms with van der Waals surface area (Å²) in [4.78, 5) is 15.9. The van der Waals surface area contributed by atoms with E-state index >= 15 is 0 Å². The Hall–Kier alpha value is -4.23. The van der Waals surface area contributed by atoms with Crippen molar-refractivity contribution in [2.75, 3.05) is 29.9 Å². The summed E-state index contributed by atoms with van der Waals surface area (Å²) < 4.78 is 5.84. The van der Waals surface area contributed by atoms with Gasteiger partial charge in [-0.3, -0.25) is 0 Å². The van der Waals surface area contributed by atoms with Crippen LogP contribution in [-0.2, 0) is 4.74 Å². The van der Waals surface area contributed by atoms with Crippen LogP contribution >= 0.6 is 0 Å². The second kappa shape index (κ2) is 10.5. The van der Waals surface area contributed by atoms with Crippen LogP contribution in [-0.4, -0.2) is 63.1 Å². The van der Waals surface area contributed by atoms with Gasteiger partial charge in [0.1, 0.15) is 18.2 Å². The number of aryl methyl sites for hydroxylation is 1. The minimum Gasteiger partial charge on any atom is -0.489 e. The molecule has 2 aromatic heterocycles. The number of hydrogen-bond donors (Lipinski definition) is 2. The molecular formula is C29H34N8O2. The molecule has 10 nitrogen and oxygen atoms in total. The van der Waals surface area contributed by atoms with Gasteiger partial charge in [0.25, 0.3) is 0 Å². The fourth-order valence-electron chi connectivity index (χ4n) is 5.31. The van der Waals surface area contributed by atoms with Crippen molar-refractivity contribution in [1.29, 1.82) is 5.26 Å². The van der Waals surface area contributed by atoms with E-state index in [0.29, 0.717) is 40.9 Å². The zero-order valence-corrected chi connectivity index (χ0v) is 22.8. The van der Waals surface area contributed by atoms with Gasteiger partial charge in [0.15, 0.2) is 0 Å². The van der Waals surface area contributed by atoms with E-state index in [4.69, 9.17) is 9.72 Å². The molecule has 202 valence electrons. The SMILES string of the molecule is C=NN1C=C(OCC(C)(C)O)C=C(c2ccc(N3C[C@H]4C[C@@H](C3)[C@H]4Nc3ncc(C)cn3)nc2)/C1=C(/C)C#N. The molecule has 10 heteroatoms. The number of anilines is 2. The molecule has 2 N–H and O–H groups in total. The van der Waals surface area contributed by atoms with Crippen LogP contribution in [0.25, 0.3) is 5.57 Å². The predicted octanol–water partition coefficient (Wildman–Crippen LogP) is 3.86. The van der Waals surface area contributed by atoms with Crippen molar-refractivity contribution in [2.45, 2.75) is 45.8 Å². The van der Waals surface area contributed by atoms with Crippen LogP contribution in [0.5, 0.6) is 0 Å². The lowest BCUT2D eigenvalue weighted by atomic mass is 9.66. The van der Waals surface area contributed by atoms with Crippen LogP contribution in [0.15, 0.2) is 65.1 Å². The molecule has 0 radical (unpaired) electrons. The number of fused-ring (bicyclic) bond motifs is 2. The van der Waals surface area contributed by atoms with Gasteiger partial charge in [-0.05, 0) is 69.7 Å². The Labute approximate surface area is 229 Å². The summed E-state index contributed by atoms with van der Waals surface area (Å²) in [6.07, 6.45) is 10.2. The average molecular weight is 527 g/mol. The van der Waals surface area contributed by atoms with E-state index < -0.39 is 5.60 Å². The fraction of sp³-hybridized carbons (Fsp3) is 0.414. The number of ether oxygens (including phenoxy) is 1. The molecule has 3 atom stereocenters. The highest BCUT2D eigenvalue weighted by atomic mass is 16.5. The van der Waals surface area contributed by atoms with Crippen LogP contribution in [0, 0.1) is 30.1 Å². The lowest BCUT2D eigenvalue weighted by Gasteiger charge is -2.54. The molecular weight excluding hydrogens is 492 g/mol. The molecule has 1 saturated carbocycles. The van der Waals surface area contributed by atoms with E-state index in [9.17, 15) is 10.4 Å². The molecule has 0 aromatic carbocycles. The maximum Gasteiger partial charge on any atom is 0.222 e. The molecule has 4 aliphatic rings. The monoisotopic (exact) mass is 526 g/mol. The Bertz CT molecular complexity index is 1350. The molecule has 2 saturated heterocycles. The van der Waals surface area contributed by atoms with E-state index in [1.54, 1.807) is 27.0 Å². The van der Waals surface area contributed by atoms with Gasteiger partial charge in [-0.25, -0.2) is 20.0 Å². The van der Waals surface area contributed by atoms with Crippen LogP contribution in [0.2, 0.25) is 0 Å². The summed E-state index contributed by atoms with van der Waals surface area (Å²) in [6.45, 7) is 12.7. The number of rotatable bonds is 8. The minimum atomic E-state index is -1.000. The molecule has 3 fully saturated rings. The number of aromatic nitrogens is 3. The maximum atomic E-state index is 10.1. The van der Waals surface area contributed by atoms with Crippen molar-refractivity contribution in [3.63, 3.8) is 0 Å². The summed E-state index contributed by atoms with van der Waals surface area (Å²) in [6, 6.07) is 6.63. The topological polar surface area (TPSA) is 123 Å². The minimum absolute atomic E-state index is 0.101. The lowest BCUT2D eigenvalue weighted by Crippen LogP contribution is -2.61. The van der Waals surface area contributed by atoms with E-state index in [2.05, 4.69) is 38.1 Å². The standard InChI is InChI=1S/C29H34N8O2/c1-18-11-33-28(34-12-18)35-26-21-8-22(26)15-36(14-21)25-7-6-20(13-32-25)24-9-23(39-17-29(3,4)38)16-37(31-5)27(24)19(2)10-30/h6-7,9,11-13,16,21-22,26,38H,5,8,14-15,17H2,1-4H3,(H,33,34,35)/b27-19+/t21-,22+,26+. The molecule has 39 heavy (non-hydrogen) atoms. The number of nitrogens with zero attached hydrogens (tertiary/aromatic N) is 7. The number of nitrogens with one attached hydrogen (secondary N) is 1. The normalized spacial score (nSPS) is 23.6. The zero-order chi connectivity index (χ0) is 27.7. The first-order valence-corrected chi connectivity index (χ1v) is 13.1. The molecule has 2 bridgehead atoms. The Kier molecular flexibility index (Phi) is 7.10. The number of aliphatic hydroxyl groups is 1. The van der Waals surface area contributed by atoms with Gasteiger partial charge in [-0.2, -0.15) is 10.4 Å². The van der Waals surface area contributed by atoms with Gasteiger partial charge in [0.2, 0.25) is 5.95 Å². The van der Waals surface area contributed by atoms with E-state index in [1.807, 2.05) is 43.7 Å². The summed E-state index contributed by atoms with van der Waals surface area (Å²) in [7, 11) is 0. The lowest BCUT2D eigenvalue weighted by molar-refractivity contribution is 0.00481. The molecule has 6 rings (SSSR count). The first-order valence-electron chi connectivity index (χ1n) is 13.1. The third kappa shape index (κ3) is 5.64. The number of nitriles is 1. The number of hydrogen-bond acceptors (Lipinski definition) is 10.